The molecule has 0 bridgehead atoms. The molecule has 0 aliphatic rings. The Kier molecular flexibility index (Phi) is 4.28. The molecular weight excluding hydrogens is 269 g/mol. The van der Waals surface area contributed by atoms with E-state index in [0.717, 1.165) is 0 Å². The molecule has 1 N–H and O–H groups in total. The van der Waals surface area contributed by atoms with Gasteiger partial charge in [-0.15, -0.1) is 0 Å². The third kappa shape index (κ3) is 3.23. The fourth-order valence-corrected chi connectivity index (χ4v) is 1.88. The van der Waals surface area contributed by atoms with E-state index in [1.807, 2.05) is 0 Å². The monoisotopic (exact) mass is 283 g/mol. The third-order valence-electron chi connectivity index (χ3n) is 3.03. The van der Waals surface area contributed by atoms with Gasteiger partial charge in [0.05, 0.1) is 5.69 Å². The van der Waals surface area contributed by atoms with Crippen LogP contribution in [0.3, 0.4) is 0 Å². The maximum atomic E-state index is 14.0. The van der Waals surface area contributed by atoms with Gasteiger partial charge in [-0.1, -0.05) is 36.9 Å². The van der Waals surface area contributed by atoms with Gasteiger partial charge in [-0.3, -0.25) is 9.59 Å². The van der Waals surface area contributed by atoms with Gasteiger partial charge < -0.3 is 5.32 Å². The van der Waals surface area contributed by atoms with Crippen LogP contribution in [0.5, 0.6) is 0 Å². The number of anilines is 1. The van der Waals surface area contributed by atoms with Crippen molar-refractivity contribution >= 4 is 23.5 Å². The Bertz CT molecular complexity index is 722. The quantitative estimate of drug-likeness (QED) is 0.864. The fourth-order valence-electron chi connectivity index (χ4n) is 1.88. The van der Waals surface area contributed by atoms with Crippen LogP contribution in [-0.2, 0) is 0 Å². The minimum Gasteiger partial charge on any atom is -0.319 e. The smallest absolute Gasteiger partial charge is 0.255 e. The summed E-state index contributed by atoms with van der Waals surface area (Å²) in [5, 5.41) is 2.49. The van der Waals surface area contributed by atoms with E-state index in [1.165, 1.54) is 25.1 Å². The van der Waals surface area contributed by atoms with Gasteiger partial charge in [-0.2, -0.15) is 0 Å². The van der Waals surface area contributed by atoms with Crippen LogP contribution in [0.25, 0.3) is 6.08 Å². The second-order valence-corrected chi connectivity index (χ2v) is 4.50. The fraction of sp³-hybridized carbons (Fsp3) is 0.0588. The van der Waals surface area contributed by atoms with Crippen molar-refractivity contribution < 1.29 is 14.0 Å². The number of rotatable bonds is 4. The molecule has 0 aromatic heterocycles. The van der Waals surface area contributed by atoms with Crippen molar-refractivity contribution in [3.05, 3.63) is 71.6 Å². The molecule has 0 radical (unpaired) electrons. The Morgan fingerprint density at radius 3 is 2.48 bits per heavy atom. The third-order valence-corrected chi connectivity index (χ3v) is 3.03. The van der Waals surface area contributed by atoms with Crippen molar-refractivity contribution in [2.45, 2.75) is 6.92 Å². The van der Waals surface area contributed by atoms with Crippen molar-refractivity contribution in [1.29, 1.82) is 0 Å². The molecule has 2 rings (SSSR count). The molecule has 0 atom stereocenters. The lowest BCUT2D eigenvalue weighted by Crippen LogP contribution is -2.14. The van der Waals surface area contributed by atoms with E-state index >= 15 is 0 Å². The van der Waals surface area contributed by atoms with E-state index in [0.29, 0.717) is 16.7 Å². The molecule has 4 heteroatoms. The van der Waals surface area contributed by atoms with Crippen LogP contribution in [0.15, 0.2) is 49.0 Å². The summed E-state index contributed by atoms with van der Waals surface area (Å²) in [4.78, 5) is 23.4. The van der Waals surface area contributed by atoms with Crippen LogP contribution in [0, 0.1) is 5.82 Å². The molecule has 2 aromatic carbocycles. The van der Waals surface area contributed by atoms with Crippen LogP contribution in [0.4, 0.5) is 10.1 Å². The molecule has 0 unspecified atom stereocenters. The first-order chi connectivity index (χ1) is 10.0. The van der Waals surface area contributed by atoms with Gasteiger partial charge in [-0.05, 0) is 25.1 Å². The van der Waals surface area contributed by atoms with Crippen molar-refractivity contribution in [2.24, 2.45) is 0 Å². The highest BCUT2D eigenvalue weighted by atomic mass is 19.1. The Morgan fingerprint density at radius 2 is 1.81 bits per heavy atom. The van der Waals surface area contributed by atoms with Gasteiger partial charge in [0, 0.05) is 16.7 Å². The molecule has 0 aliphatic heterocycles. The highest BCUT2D eigenvalue weighted by molar-refractivity contribution is 6.06. The summed E-state index contributed by atoms with van der Waals surface area (Å²) in [7, 11) is 0. The summed E-state index contributed by atoms with van der Waals surface area (Å²) < 4.78 is 14.0. The largest absolute Gasteiger partial charge is 0.319 e. The molecule has 1 amide bonds. The van der Waals surface area contributed by atoms with E-state index < -0.39 is 11.7 Å². The van der Waals surface area contributed by atoms with Crippen LogP contribution in [-0.4, -0.2) is 11.7 Å². The second-order valence-electron chi connectivity index (χ2n) is 4.50. The number of carbonyl (C=O) groups excluding carboxylic acids is 2. The number of hydrogen-bond acceptors (Lipinski definition) is 2. The zero-order valence-electron chi connectivity index (χ0n) is 11.5. The molecule has 0 heterocycles. The van der Waals surface area contributed by atoms with Crippen LogP contribution < -0.4 is 5.32 Å². The Hall–Kier alpha value is -2.75. The summed E-state index contributed by atoms with van der Waals surface area (Å²) in [5.74, 6) is -1.15. The molecule has 21 heavy (non-hydrogen) atoms. The Balaban J connectivity index is 2.28. The van der Waals surface area contributed by atoms with Gasteiger partial charge in [-0.25, -0.2) is 4.39 Å². The number of carbonyl (C=O) groups is 2. The number of Topliss-reactive ketones (excluding diaryl/α,β-unsaturated/α-hetero) is 1. The van der Waals surface area contributed by atoms with E-state index in [4.69, 9.17) is 0 Å². The van der Waals surface area contributed by atoms with Crippen LogP contribution in [0.1, 0.15) is 33.2 Å². The van der Waals surface area contributed by atoms with Crippen molar-refractivity contribution in [2.75, 3.05) is 5.32 Å². The minimum atomic E-state index is -0.538. The number of hydrogen-bond donors (Lipinski definition) is 1. The second kappa shape index (κ2) is 6.13. The first kappa shape index (κ1) is 14.7. The number of ketones is 1. The highest BCUT2D eigenvalue weighted by Crippen LogP contribution is 2.19. The van der Waals surface area contributed by atoms with Crippen molar-refractivity contribution in [3.63, 3.8) is 0 Å². The maximum Gasteiger partial charge on any atom is 0.255 e. The predicted molar refractivity (Wildman–Crippen MR) is 80.9 cm³/mol. The molecule has 3 nitrogen and oxygen atoms in total. The highest BCUT2D eigenvalue weighted by Gasteiger charge is 2.12. The number of amides is 1. The van der Waals surface area contributed by atoms with E-state index in [1.54, 1.807) is 30.3 Å². The molecule has 0 saturated carbocycles. The maximum absolute atomic E-state index is 14.0. The molecule has 106 valence electrons. The van der Waals surface area contributed by atoms with Gasteiger partial charge in [0.15, 0.2) is 11.6 Å². The normalized spacial score (nSPS) is 10.0. The molecule has 0 saturated heterocycles. The minimum absolute atomic E-state index is 0.0747. The zero-order valence-corrected chi connectivity index (χ0v) is 11.5. The zero-order chi connectivity index (χ0) is 15.4. The first-order valence-electron chi connectivity index (χ1n) is 6.36. The summed E-state index contributed by atoms with van der Waals surface area (Å²) in [5.41, 5.74) is 1.12. The topological polar surface area (TPSA) is 46.2 Å². The Morgan fingerprint density at radius 1 is 1.14 bits per heavy atom. The standard InChI is InChI=1S/C17H14FNO2/c1-3-12-6-5-9-15(16(12)18)19-17(21)14-8-4-7-13(10-14)11(2)20/h3-10H,1H2,2H3,(H,19,21). The number of halogens is 1. The molecule has 0 aliphatic carbocycles. The summed E-state index contributed by atoms with van der Waals surface area (Å²) in [6.07, 6.45) is 1.38. The lowest BCUT2D eigenvalue weighted by Gasteiger charge is -2.08. The lowest BCUT2D eigenvalue weighted by molar-refractivity contribution is 0.101. The SMILES string of the molecule is C=Cc1cccc(NC(=O)c2cccc(C(C)=O)c2)c1F. The van der Waals surface area contributed by atoms with E-state index in [9.17, 15) is 14.0 Å². The summed E-state index contributed by atoms with van der Waals surface area (Å²) >= 11 is 0. The number of benzene rings is 2. The lowest BCUT2D eigenvalue weighted by atomic mass is 10.1. The van der Waals surface area contributed by atoms with Crippen molar-refractivity contribution in [1.82, 2.24) is 0 Å². The summed E-state index contributed by atoms with van der Waals surface area (Å²) in [6.45, 7) is 4.93. The van der Waals surface area contributed by atoms with Gasteiger partial charge in [0.2, 0.25) is 0 Å². The average Bonchev–Trinajstić information content (AvgIpc) is 2.49. The first-order valence-corrected chi connectivity index (χ1v) is 6.36. The molecule has 2 aromatic rings. The van der Waals surface area contributed by atoms with Gasteiger partial charge in [0.1, 0.15) is 0 Å². The Labute approximate surface area is 122 Å². The van der Waals surface area contributed by atoms with Gasteiger partial charge in [0.25, 0.3) is 5.91 Å². The predicted octanol–water partition coefficient (Wildman–Crippen LogP) is 3.92. The van der Waals surface area contributed by atoms with E-state index in [-0.39, 0.29) is 11.5 Å². The molecule has 0 fully saturated rings. The summed E-state index contributed by atoms with van der Waals surface area (Å²) in [6, 6.07) is 10.9. The molecule has 0 spiro atoms. The van der Waals surface area contributed by atoms with Crippen LogP contribution >= 0.6 is 0 Å². The van der Waals surface area contributed by atoms with Gasteiger partial charge >= 0.3 is 0 Å². The average molecular weight is 283 g/mol. The number of nitrogens with one attached hydrogen (secondary N) is 1. The van der Waals surface area contributed by atoms with Crippen molar-refractivity contribution in [3.8, 4) is 0 Å². The van der Waals surface area contributed by atoms with Crippen LogP contribution in [0.2, 0.25) is 0 Å². The molecular formula is C17H14FNO2. The van der Waals surface area contributed by atoms with E-state index in [2.05, 4.69) is 11.9 Å².